The van der Waals surface area contributed by atoms with E-state index < -0.39 is 10.0 Å². The Morgan fingerprint density at radius 2 is 1.70 bits per heavy atom. The lowest BCUT2D eigenvalue weighted by molar-refractivity contribution is -0.132. The molecule has 7 nitrogen and oxygen atoms in total. The second-order valence-electron chi connectivity index (χ2n) is 7.60. The Hall–Kier alpha value is -3.65. The quantitative estimate of drug-likeness (QED) is 0.555. The van der Waals surface area contributed by atoms with Gasteiger partial charge in [0.2, 0.25) is 5.91 Å². The molecule has 4 rings (SSSR count). The van der Waals surface area contributed by atoms with Gasteiger partial charge in [-0.3, -0.25) is 9.52 Å². The van der Waals surface area contributed by atoms with Crippen LogP contribution in [0.1, 0.15) is 36.9 Å². The van der Waals surface area contributed by atoms with Crippen molar-refractivity contribution in [2.24, 2.45) is 5.10 Å². The van der Waals surface area contributed by atoms with Crippen molar-refractivity contribution in [3.63, 3.8) is 0 Å². The Kier molecular flexibility index (Phi) is 6.46. The topological polar surface area (TPSA) is 88.1 Å². The van der Waals surface area contributed by atoms with E-state index in [1.54, 1.807) is 56.5 Å². The molecule has 0 radical (unpaired) electrons. The van der Waals surface area contributed by atoms with E-state index in [4.69, 9.17) is 4.74 Å². The van der Waals surface area contributed by atoms with Crippen LogP contribution in [-0.4, -0.2) is 32.2 Å². The summed E-state index contributed by atoms with van der Waals surface area (Å²) >= 11 is 0. The second-order valence-corrected chi connectivity index (χ2v) is 9.28. The Labute approximate surface area is 193 Å². The Balaban J connectivity index is 1.68. The summed E-state index contributed by atoms with van der Waals surface area (Å²) in [5, 5.41) is 6.13. The van der Waals surface area contributed by atoms with E-state index in [1.165, 1.54) is 5.01 Å². The molecule has 0 spiro atoms. The smallest absolute Gasteiger partial charge is 0.261 e. The molecule has 0 aliphatic carbocycles. The summed E-state index contributed by atoms with van der Waals surface area (Å²) in [6.45, 7) is 1.79. The van der Waals surface area contributed by atoms with Crippen molar-refractivity contribution < 1.29 is 17.9 Å². The predicted octanol–water partition coefficient (Wildman–Crippen LogP) is 4.58. The third-order valence-corrected chi connectivity index (χ3v) is 6.89. The van der Waals surface area contributed by atoms with Crippen molar-refractivity contribution in [2.75, 3.05) is 11.8 Å². The number of sulfonamides is 1. The fourth-order valence-electron chi connectivity index (χ4n) is 3.78. The molecule has 170 valence electrons. The summed E-state index contributed by atoms with van der Waals surface area (Å²) in [7, 11) is -2.17. The number of hydrogen-bond donors (Lipinski definition) is 1. The van der Waals surface area contributed by atoms with Crippen molar-refractivity contribution in [3.8, 4) is 5.75 Å². The molecule has 1 N–H and O–H groups in total. The molecular formula is C25H25N3O4S. The van der Waals surface area contributed by atoms with Crippen LogP contribution < -0.4 is 9.46 Å². The Morgan fingerprint density at radius 1 is 1.03 bits per heavy atom. The summed E-state index contributed by atoms with van der Waals surface area (Å²) in [6.07, 6.45) is 0.772. The first-order valence-corrected chi connectivity index (χ1v) is 12.1. The van der Waals surface area contributed by atoms with Gasteiger partial charge in [-0.25, -0.2) is 13.4 Å². The van der Waals surface area contributed by atoms with Gasteiger partial charge in [-0.15, -0.1) is 0 Å². The van der Waals surface area contributed by atoms with Gasteiger partial charge in [0.1, 0.15) is 5.75 Å². The van der Waals surface area contributed by atoms with Crippen LogP contribution in [0.2, 0.25) is 0 Å². The van der Waals surface area contributed by atoms with Gasteiger partial charge in [0, 0.05) is 18.4 Å². The Bertz CT molecular complexity index is 1270. The van der Waals surface area contributed by atoms with Crippen molar-refractivity contribution in [1.82, 2.24) is 5.01 Å². The number of nitrogens with zero attached hydrogens (tertiary/aromatic N) is 2. The molecule has 0 bridgehead atoms. The molecule has 1 amide bonds. The van der Waals surface area contributed by atoms with Crippen molar-refractivity contribution >= 4 is 27.3 Å². The molecule has 1 heterocycles. The monoisotopic (exact) mass is 463 g/mol. The number of carbonyl (C=O) groups excluding carboxylic acids is 1. The Morgan fingerprint density at radius 3 is 2.36 bits per heavy atom. The van der Waals surface area contributed by atoms with E-state index in [9.17, 15) is 13.2 Å². The molecule has 1 atom stereocenters. The van der Waals surface area contributed by atoms with Crippen LogP contribution in [0.4, 0.5) is 5.69 Å². The lowest BCUT2D eigenvalue weighted by Gasteiger charge is -2.21. The molecule has 0 fully saturated rings. The summed E-state index contributed by atoms with van der Waals surface area (Å²) < 4.78 is 33.7. The summed E-state index contributed by atoms with van der Waals surface area (Å²) in [5.74, 6) is 0.625. The maximum absolute atomic E-state index is 12.9. The van der Waals surface area contributed by atoms with Gasteiger partial charge in [0.15, 0.2) is 0 Å². The number of anilines is 1. The minimum absolute atomic E-state index is 0.104. The molecule has 3 aromatic carbocycles. The highest BCUT2D eigenvalue weighted by molar-refractivity contribution is 7.92. The lowest BCUT2D eigenvalue weighted by Crippen LogP contribution is -2.26. The minimum atomic E-state index is -3.77. The standard InChI is InChI=1S/C25H25N3O4S/c1-3-25(29)28-24(18-13-15-19(32-2)16-14-18)17-23(26-28)21-11-7-8-12-22(21)27-33(30,31)20-9-5-4-6-10-20/h4-16,24,27H,3,17H2,1-2H3/t24-/m1/s1. The third kappa shape index (κ3) is 4.75. The van der Waals surface area contributed by atoms with Gasteiger partial charge in [0.05, 0.1) is 29.4 Å². The first-order valence-electron chi connectivity index (χ1n) is 10.6. The number of rotatable bonds is 7. The van der Waals surface area contributed by atoms with Crippen molar-refractivity contribution in [2.45, 2.75) is 30.7 Å². The highest BCUT2D eigenvalue weighted by Crippen LogP contribution is 2.35. The van der Waals surface area contributed by atoms with Crippen LogP contribution in [0.5, 0.6) is 5.75 Å². The van der Waals surface area contributed by atoms with Crippen LogP contribution >= 0.6 is 0 Å². The maximum Gasteiger partial charge on any atom is 0.261 e. The number of methoxy groups -OCH3 is 1. The van der Waals surface area contributed by atoms with Gasteiger partial charge in [-0.05, 0) is 35.9 Å². The van der Waals surface area contributed by atoms with Crippen LogP contribution in [0.25, 0.3) is 0 Å². The molecule has 0 unspecified atom stereocenters. The van der Waals surface area contributed by atoms with Gasteiger partial charge in [-0.1, -0.05) is 55.5 Å². The molecule has 0 saturated carbocycles. The molecule has 1 aliphatic heterocycles. The molecule has 33 heavy (non-hydrogen) atoms. The van der Waals surface area contributed by atoms with Crippen LogP contribution in [-0.2, 0) is 14.8 Å². The molecule has 3 aromatic rings. The van der Waals surface area contributed by atoms with Gasteiger partial charge in [-0.2, -0.15) is 5.10 Å². The van der Waals surface area contributed by atoms with Crippen LogP contribution in [0.15, 0.2) is 88.9 Å². The molecule has 1 aliphatic rings. The SMILES string of the molecule is CCC(=O)N1N=C(c2ccccc2NS(=O)(=O)c2ccccc2)C[C@@H]1c1ccc(OC)cc1. The summed E-state index contributed by atoms with van der Waals surface area (Å²) in [5.41, 5.74) is 2.63. The van der Waals surface area contributed by atoms with E-state index >= 15 is 0 Å². The average Bonchev–Trinajstić information content (AvgIpc) is 3.29. The van der Waals surface area contributed by atoms with Gasteiger partial charge in [0.25, 0.3) is 10.0 Å². The number of benzene rings is 3. The number of hydrogen-bond acceptors (Lipinski definition) is 5. The maximum atomic E-state index is 12.9. The first kappa shape index (κ1) is 22.5. The lowest BCUT2D eigenvalue weighted by atomic mass is 9.97. The third-order valence-electron chi connectivity index (χ3n) is 5.50. The zero-order chi connectivity index (χ0) is 23.4. The van der Waals surface area contributed by atoms with E-state index in [0.29, 0.717) is 29.8 Å². The molecular weight excluding hydrogens is 438 g/mol. The van der Waals surface area contributed by atoms with E-state index in [2.05, 4.69) is 9.82 Å². The van der Waals surface area contributed by atoms with Crippen LogP contribution in [0.3, 0.4) is 0 Å². The fraction of sp³-hybridized carbons (Fsp3) is 0.200. The number of nitrogens with one attached hydrogen (secondary N) is 1. The average molecular weight is 464 g/mol. The van der Waals surface area contributed by atoms with Crippen molar-refractivity contribution in [3.05, 3.63) is 90.0 Å². The van der Waals surface area contributed by atoms with Crippen molar-refractivity contribution in [1.29, 1.82) is 0 Å². The molecule has 8 heteroatoms. The van der Waals surface area contributed by atoms with Crippen LogP contribution in [0, 0.1) is 0 Å². The highest BCUT2D eigenvalue weighted by Gasteiger charge is 2.33. The normalized spacial score (nSPS) is 15.8. The second kappa shape index (κ2) is 9.46. The van der Waals surface area contributed by atoms with E-state index in [-0.39, 0.29) is 16.8 Å². The summed E-state index contributed by atoms with van der Waals surface area (Å²) in [6, 6.07) is 22.6. The minimum Gasteiger partial charge on any atom is -0.497 e. The highest BCUT2D eigenvalue weighted by atomic mass is 32.2. The zero-order valence-corrected chi connectivity index (χ0v) is 19.2. The summed E-state index contributed by atoms with van der Waals surface area (Å²) in [4.78, 5) is 12.9. The van der Waals surface area contributed by atoms with E-state index in [0.717, 1.165) is 11.3 Å². The fourth-order valence-corrected chi connectivity index (χ4v) is 4.88. The number of amides is 1. The molecule has 0 saturated heterocycles. The number of hydrazone groups is 1. The zero-order valence-electron chi connectivity index (χ0n) is 18.4. The van der Waals surface area contributed by atoms with Gasteiger partial charge >= 0.3 is 0 Å². The van der Waals surface area contributed by atoms with Gasteiger partial charge < -0.3 is 4.74 Å². The molecule has 0 aromatic heterocycles. The number of ether oxygens (including phenoxy) is 1. The number of para-hydroxylation sites is 1. The largest absolute Gasteiger partial charge is 0.497 e. The predicted molar refractivity (Wildman–Crippen MR) is 128 cm³/mol. The first-order chi connectivity index (χ1) is 15.9. The van der Waals surface area contributed by atoms with E-state index in [1.807, 2.05) is 36.4 Å². The number of carbonyl (C=O) groups is 1.